The first-order valence-corrected chi connectivity index (χ1v) is 24.7. The zero-order valence-corrected chi connectivity index (χ0v) is 37.4. The Morgan fingerprint density at radius 2 is 0.909 bits per heavy atom. The van der Waals surface area contributed by atoms with Gasteiger partial charge in [0.15, 0.2) is 0 Å². The average Bonchev–Trinajstić information content (AvgIpc) is 3.22. The fraction of sp³-hybridized carbons (Fsp3) is 0.0976. The van der Waals surface area contributed by atoms with Gasteiger partial charge >= 0.3 is 0 Å². The van der Waals surface area contributed by atoms with Crippen molar-refractivity contribution in [3.8, 4) is 0 Å². The molecule has 0 fully saturated rings. The molecule has 0 radical (unpaired) electrons. The second-order valence-corrected chi connectivity index (χ2v) is 20.0. The standard InChI is InChI=1S/C41H36N8O13S4/c1-23-15-25(9-11-34(23)48-46-28-17-32-30(38(19-28)65(57,58)59)5-3-7-36(32)63(51,52)53)43-27-21-40(42-13-14-50)45-41(22-27)44-26-10-12-35(24(2)16-26)49-47-29-18-33-31(39(20-29)66(60,61)62)6-4-8-37(33)64(54,55)56/h3-12,15-22,50H,13-14H2,1-2H3,(H,51,52,53)(H,54,55,56)(H,57,58,59)(H,60,61,62)(H3,42,43,44,45)/b48-46+,49-47+. The number of hydrogen-bond acceptors (Lipinski definition) is 17. The van der Waals surface area contributed by atoms with E-state index in [9.17, 15) is 57.0 Å². The predicted octanol–water partition coefficient (Wildman–Crippen LogP) is 8.71. The van der Waals surface area contributed by atoms with Gasteiger partial charge in [0, 0.05) is 57.3 Å². The Kier molecular flexibility index (Phi) is 13.0. The fourth-order valence-corrected chi connectivity index (χ4v) is 9.63. The maximum Gasteiger partial charge on any atom is 0.295 e. The molecule has 1 heterocycles. The van der Waals surface area contributed by atoms with E-state index >= 15 is 0 Å². The lowest BCUT2D eigenvalue weighted by Crippen LogP contribution is -2.08. The summed E-state index contributed by atoms with van der Waals surface area (Å²) in [5.41, 5.74) is 3.37. The first-order chi connectivity index (χ1) is 31.0. The smallest absolute Gasteiger partial charge is 0.295 e. The van der Waals surface area contributed by atoms with E-state index in [1.54, 1.807) is 62.4 Å². The van der Waals surface area contributed by atoms with Crippen molar-refractivity contribution >= 4 is 113 Å². The van der Waals surface area contributed by atoms with E-state index in [2.05, 4.69) is 41.4 Å². The third-order valence-corrected chi connectivity index (χ3v) is 13.3. The maximum atomic E-state index is 12.2. The number of aliphatic hydroxyl groups is 1. The van der Waals surface area contributed by atoms with Crippen molar-refractivity contribution in [1.82, 2.24) is 4.98 Å². The SMILES string of the molecule is Cc1cc(Nc2cc(NCCO)nc(Nc3ccc(/N=N/c4cc(S(=O)(=O)O)c5cccc(S(=O)(=O)O)c5c4)c(C)c3)c2)ccc1/N=N/c1cc(S(=O)(=O)O)c2cccc(S(=O)(=O)O)c2c1. The Morgan fingerprint density at radius 1 is 0.470 bits per heavy atom. The Hall–Kier alpha value is -6.81. The number of nitrogens with zero attached hydrogens (tertiary/aromatic N) is 5. The van der Waals surface area contributed by atoms with E-state index in [1.807, 2.05) is 0 Å². The molecule has 1 aromatic heterocycles. The highest BCUT2D eigenvalue weighted by atomic mass is 32.2. The molecule has 8 N–H and O–H groups in total. The van der Waals surface area contributed by atoms with Crippen molar-refractivity contribution in [1.29, 1.82) is 0 Å². The van der Waals surface area contributed by atoms with Crippen LogP contribution in [0, 0.1) is 13.8 Å². The molecule has 7 rings (SSSR count). The highest BCUT2D eigenvalue weighted by Gasteiger charge is 2.23. The molecule has 21 nitrogen and oxygen atoms in total. The molecule has 66 heavy (non-hydrogen) atoms. The van der Waals surface area contributed by atoms with Gasteiger partial charge in [-0.15, -0.1) is 0 Å². The minimum Gasteiger partial charge on any atom is -0.395 e. The number of nitrogens with one attached hydrogen (secondary N) is 3. The molecule has 0 aliphatic heterocycles. The van der Waals surface area contributed by atoms with Crippen molar-refractivity contribution in [3.05, 3.63) is 120 Å². The zero-order valence-electron chi connectivity index (χ0n) is 34.2. The van der Waals surface area contributed by atoms with Crippen molar-refractivity contribution in [2.45, 2.75) is 33.4 Å². The molecular formula is C41H36N8O13S4. The van der Waals surface area contributed by atoms with Gasteiger partial charge in [0.2, 0.25) is 0 Å². The molecule has 0 saturated heterocycles. The highest BCUT2D eigenvalue weighted by Crippen LogP contribution is 2.37. The Bertz CT molecular complexity index is 3400. The predicted molar refractivity (Wildman–Crippen MR) is 244 cm³/mol. The van der Waals surface area contributed by atoms with Crippen molar-refractivity contribution in [3.63, 3.8) is 0 Å². The lowest BCUT2D eigenvalue weighted by Gasteiger charge is -2.14. The number of benzene rings is 6. The minimum atomic E-state index is -4.86. The highest BCUT2D eigenvalue weighted by molar-refractivity contribution is 7.87. The van der Waals surface area contributed by atoms with Crippen LogP contribution in [0.1, 0.15) is 11.1 Å². The summed E-state index contributed by atoms with van der Waals surface area (Å²) in [6.45, 7) is 3.47. The minimum absolute atomic E-state index is 0.126. The molecule has 0 aliphatic carbocycles. The maximum absolute atomic E-state index is 12.2. The Labute approximate surface area is 377 Å². The summed E-state index contributed by atoms with van der Waals surface area (Å²) in [4.78, 5) is 2.13. The van der Waals surface area contributed by atoms with Gasteiger partial charge in [-0.1, -0.05) is 24.3 Å². The van der Waals surface area contributed by atoms with Gasteiger partial charge in [0.1, 0.15) is 31.2 Å². The molecule has 0 amide bonds. The molecule has 0 unspecified atom stereocenters. The number of hydrogen-bond donors (Lipinski definition) is 8. The quantitative estimate of drug-likeness (QED) is 0.0351. The van der Waals surface area contributed by atoms with Gasteiger partial charge < -0.3 is 21.1 Å². The van der Waals surface area contributed by atoms with Gasteiger partial charge in [0.25, 0.3) is 40.5 Å². The van der Waals surface area contributed by atoms with E-state index in [0.717, 1.165) is 24.3 Å². The molecule has 25 heteroatoms. The summed E-state index contributed by atoms with van der Waals surface area (Å²) < 4.78 is 136. The first kappa shape index (κ1) is 47.2. The van der Waals surface area contributed by atoms with E-state index in [0.29, 0.717) is 51.2 Å². The number of fused-ring (bicyclic) bond motifs is 2. The first-order valence-electron chi connectivity index (χ1n) is 19.0. The largest absolute Gasteiger partial charge is 0.395 e. The van der Waals surface area contributed by atoms with Gasteiger partial charge in [0.05, 0.1) is 29.4 Å². The van der Waals surface area contributed by atoms with E-state index in [4.69, 9.17) is 0 Å². The topological polar surface area (TPSA) is 336 Å². The molecular weight excluding hydrogens is 941 g/mol. The molecule has 0 spiro atoms. The van der Waals surface area contributed by atoms with Crippen LogP contribution in [0.5, 0.6) is 0 Å². The number of azo groups is 2. The third-order valence-electron chi connectivity index (χ3n) is 9.66. The molecule has 6 aromatic carbocycles. The molecule has 0 aliphatic rings. The van der Waals surface area contributed by atoms with E-state index in [1.165, 1.54) is 36.4 Å². The van der Waals surface area contributed by atoms with Crippen LogP contribution in [0.25, 0.3) is 21.5 Å². The summed E-state index contributed by atoms with van der Waals surface area (Å²) in [7, 11) is -19.3. The second kappa shape index (κ2) is 18.2. The van der Waals surface area contributed by atoms with Gasteiger partial charge in [-0.2, -0.15) is 54.1 Å². The third kappa shape index (κ3) is 10.8. The Morgan fingerprint density at radius 3 is 1.33 bits per heavy atom. The number of rotatable bonds is 15. The van der Waals surface area contributed by atoms with Crippen LogP contribution in [0.3, 0.4) is 0 Å². The van der Waals surface area contributed by atoms with Crippen LogP contribution in [0.15, 0.2) is 149 Å². The molecule has 0 bridgehead atoms. The van der Waals surface area contributed by atoms with Crippen molar-refractivity contribution in [2.75, 3.05) is 29.1 Å². The zero-order chi connectivity index (χ0) is 47.8. The molecule has 342 valence electrons. The van der Waals surface area contributed by atoms with Gasteiger partial charge in [-0.3, -0.25) is 18.2 Å². The van der Waals surface area contributed by atoms with Crippen LogP contribution in [0.2, 0.25) is 0 Å². The van der Waals surface area contributed by atoms with Crippen molar-refractivity contribution in [2.24, 2.45) is 20.5 Å². The summed E-state index contributed by atoms with van der Waals surface area (Å²) in [5.74, 6) is 0.770. The van der Waals surface area contributed by atoms with E-state index < -0.39 is 60.1 Å². The molecule has 7 aromatic rings. The van der Waals surface area contributed by atoms with Crippen LogP contribution < -0.4 is 16.0 Å². The second-order valence-electron chi connectivity index (χ2n) is 14.4. The lowest BCUT2D eigenvalue weighted by atomic mass is 10.1. The monoisotopic (exact) mass is 976 g/mol. The number of anilines is 5. The summed E-state index contributed by atoms with van der Waals surface area (Å²) in [6.07, 6.45) is 0. The normalized spacial score (nSPS) is 12.7. The molecule has 0 saturated carbocycles. The Balaban J connectivity index is 1.12. The number of aromatic nitrogens is 1. The molecule has 0 atom stereocenters. The average molecular weight is 977 g/mol. The summed E-state index contributed by atoms with van der Waals surface area (Å²) >= 11 is 0. The number of aliphatic hydroxyl groups excluding tert-OH is 1. The van der Waals surface area contributed by atoms with Crippen LogP contribution in [-0.2, 0) is 40.5 Å². The summed E-state index contributed by atoms with van der Waals surface area (Å²) in [6, 6.07) is 25.0. The van der Waals surface area contributed by atoms with Crippen LogP contribution in [0.4, 0.5) is 51.4 Å². The van der Waals surface area contributed by atoms with Gasteiger partial charge in [-0.25, -0.2) is 4.98 Å². The van der Waals surface area contributed by atoms with E-state index in [-0.39, 0.29) is 46.1 Å². The number of aryl methyl sites for hydroxylation is 2. The van der Waals surface area contributed by atoms with Crippen molar-refractivity contribution < 1.29 is 57.0 Å². The van der Waals surface area contributed by atoms with Crippen LogP contribution >= 0.6 is 0 Å². The van der Waals surface area contributed by atoms with Gasteiger partial charge in [-0.05, 0) is 97.8 Å². The fourth-order valence-electron chi connectivity index (χ4n) is 6.78. The lowest BCUT2D eigenvalue weighted by molar-refractivity contribution is 0.311. The summed E-state index contributed by atoms with van der Waals surface area (Å²) in [5, 5.41) is 34.9. The number of pyridine rings is 1. The van der Waals surface area contributed by atoms with Crippen LogP contribution in [-0.4, -0.2) is 75.1 Å².